The van der Waals surface area contributed by atoms with Gasteiger partial charge >= 0.3 is 42.0 Å². The smallest absolute Gasteiger partial charge is 0.460 e. The van der Waals surface area contributed by atoms with Crippen LogP contribution >= 0.6 is 0 Å². The van der Waals surface area contributed by atoms with Gasteiger partial charge in [0.25, 0.3) is 0 Å². The first-order valence-corrected chi connectivity index (χ1v) is 5.47. The van der Waals surface area contributed by atoms with Crippen molar-refractivity contribution >= 4 is 5.97 Å². The summed E-state index contributed by atoms with van der Waals surface area (Å²) < 4.78 is 190. The first-order valence-electron chi connectivity index (χ1n) is 5.47. The van der Waals surface area contributed by atoms with Crippen LogP contribution in [-0.2, 0) is 4.79 Å². The Kier molecular flexibility index (Phi) is 5.60. The van der Waals surface area contributed by atoms with Crippen LogP contribution in [-0.4, -0.2) is 52.8 Å². The molecule has 0 aliphatic rings. The number of hydrogen-bond donors (Lipinski definition) is 1. The van der Waals surface area contributed by atoms with Crippen molar-refractivity contribution in [3.63, 3.8) is 0 Å². The highest BCUT2D eigenvalue weighted by Crippen LogP contribution is 2.64. The minimum Gasteiger partial charge on any atom is -0.481 e. The normalized spacial score (nSPS) is 17.8. The summed E-state index contributed by atoms with van der Waals surface area (Å²) in [5.74, 6) is -19.7. The van der Waals surface area contributed by atoms with E-state index in [-0.39, 0.29) is 0 Å². The van der Waals surface area contributed by atoms with Gasteiger partial charge in [0.1, 0.15) is 0 Å². The summed E-state index contributed by atoms with van der Waals surface area (Å²) in [5.41, 5.74) is -15.7. The van der Waals surface area contributed by atoms with E-state index in [4.69, 9.17) is 5.11 Å². The van der Waals surface area contributed by atoms with E-state index in [9.17, 15) is 70.7 Å². The summed E-state index contributed by atoms with van der Waals surface area (Å²) in [7, 11) is 0. The van der Waals surface area contributed by atoms with Gasteiger partial charge in [0.05, 0.1) is 6.42 Å². The SMILES string of the molecule is O=C(O)CC(F)(C(F)(F)C(F)(F)C(F)(F)F)C(F)(C(F)(F)F)C(F)(F)F. The van der Waals surface area contributed by atoms with Crippen molar-refractivity contribution in [1.82, 2.24) is 0 Å². The Hall–Kier alpha value is -1.58. The maximum atomic E-state index is 14.0. The summed E-state index contributed by atoms with van der Waals surface area (Å²) in [4.78, 5) is 10.1. The molecule has 0 aromatic heterocycles. The van der Waals surface area contributed by atoms with Gasteiger partial charge in [0, 0.05) is 0 Å². The Morgan fingerprint density at radius 2 is 0.885 bits per heavy atom. The highest BCUT2D eigenvalue weighted by atomic mass is 19.4. The molecule has 0 fully saturated rings. The summed E-state index contributed by atoms with van der Waals surface area (Å²) in [6.45, 7) is 0. The Bertz CT molecular complexity index is 527. The van der Waals surface area contributed by atoms with Gasteiger partial charge < -0.3 is 5.11 Å². The van der Waals surface area contributed by atoms with Gasteiger partial charge in [-0.25, -0.2) is 8.78 Å². The van der Waals surface area contributed by atoms with E-state index in [1.54, 1.807) is 0 Å². The minimum atomic E-state index is -8.16. The molecule has 156 valence electrons. The average molecular weight is 428 g/mol. The fraction of sp³-hybridized carbons (Fsp3) is 0.889. The Morgan fingerprint density at radius 1 is 0.577 bits per heavy atom. The van der Waals surface area contributed by atoms with Crippen molar-refractivity contribution in [2.24, 2.45) is 0 Å². The molecule has 0 spiro atoms. The quantitative estimate of drug-likeness (QED) is 0.637. The predicted octanol–water partition coefficient (Wildman–Crippen LogP) is 4.84. The van der Waals surface area contributed by atoms with Crippen LogP contribution in [0.25, 0.3) is 0 Å². The third-order valence-corrected chi connectivity index (χ3v) is 2.97. The number of aliphatic carboxylic acids is 1. The minimum absolute atomic E-state index is 3.50. The van der Waals surface area contributed by atoms with Gasteiger partial charge in [-0.1, -0.05) is 0 Å². The standard InChI is InChI=1S/C9H3F15O2/c10-3(1-2(25)26,4(11,7(16,17)18)8(19,20)21)5(12,13)6(14,15)9(22,23)24/h1H2,(H,25,26). The topological polar surface area (TPSA) is 37.3 Å². The van der Waals surface area contributed by atoms with E-state index in [0.29, 0.717) is 0 Å². The number of hydrogen-bond acceptors (Lipinski definition) is 1. The van der Waals surface area contributed by atoms with Crippen molar-refractivity contribution in [3.8, 4) is 0 Å². The maximum absolute atomic E-state index is 14.0. The summed E-state index contributed by atoms with van der Waals surface area (Å²) in [6, 6.07) is 0. The first-order chi connectivity index (χ1) is 10.9. The van der Waals surface area contributed by atoms with E-state index in [0.717, 1.165) is 0 Å². The molecule has 0 saturated heterocycles. The first kappa shape index (κ1) is 24.4. The highest BCUT2D eigenvalue weighted by molar-refractivity contribution is 5.69. The van der Waals surface area contributed by atoms with Crippen LogP contribution in [0.15, 0.2) is 0 Å². The zero-order chi connectivity index (χ0) is 21.8. The molecule has 0 saturated carbocycles. The van der Waals surface area contributed by atoms with E-state index in [2.05, 4.69) is 0 Å². The van der Waals surface area contributed by atoms with Crippen molar-refractivity contribution in [2.45, 2.75) is 48.1 Å². The Balaban J connectivity index is 7.16. The molecule has 26 heavy (non-hydrogen) atoms. The van der Waals surface area contributed by atoms with Crippen molar-refractivity contribution in [2.75, 3.05) is 0 Å². The molecule has 2 nitrogen and oxygen atoms in total. The molecule has 0 rings (SSSR count). The van der Waals surface area contributed by atoms with E-state index >= 15 is 0 Å². The molecular formula is C9H3F15O2. The molecule has 1 N–H and O–H groups in total. The van der Waals surface area contributed by atoms with E-state index in [1.165, 1.54) is 0 Å². The lowest BCUT2D eigenvalue weighted by molar-refractivity contribution is -0.440. The van der Waals surface area contributed by atoms with Gasteiger partial charge in [-0.05, 0) is 0 Å². The summed E-state index contributed by atoms with van der Waals surface area (Å²) in [5, 5.41) is 7.97. The van der Waals surface area contributed by atoms with Crippen LogP contribution in [0.1, 0.15) is 6.42 Å². The number of halogens is 15. The lowest BCUT2D eigenvalue weighted by atomic mass is 9.74. The number of carbonyl (C=O) groups is 1. The van der Waals surface area contributed by atoms with Crippen LogP contribution in [0.5, 0.6) is 0 Å². The van der Waals surface area contributed by atoms with Gasteiger partial charge in [-0.2, -0.15) is 57.1 Å². The number of carboxylic acid groups (broad SMARTS) is 1. The van der Waals surface area contributed by atoms with Crippen LogP contribution in [0, 0.1) is 0 Å². The van der Waals surface area contributed by atoms with Crippen LogP contribution in [0.3, 0.4) is 0 Å². The van der Waals surface area contributed by atoms with Crippen molar-refractivity contribution in [1.29, 1.82) is 0 Å². The number of carboxylic acids is 1. The second-order valence-electron chi connectivity index (χ2n) is 4.67. The molecule has 0 aromatic rings. The Morgan fingerprint density at radius 3 is 1.08 bits per heavy atom. The average Bonchev–Trinajstić information content (AvgIpc) is 2.31. The third-order valence-electron chi connectivity index (χ3n) is 2.97. The van der Waals surface area contributed by atoms with Gasteiger partial charge in [0.15, 0.2) is 0 Å². The fourth-order valence-electron chi connectivity index (χ4n) is 1.69. The second kappa shape index (κ2) is 5.97. The van der Waals surface area contributed by atoms with Gasteiger partial charge in [0.2, 0.25) is 5.67 Å². The van der Waals surface area contributed by atoms with E-state index in [1.807, 2.05) is 0 Å². The van der Waals surface area contributed by atoms with Crippen molar-refractivity contribution < 1.29 is 75.8 Å². The van der Waals surface area contributed by atoms with Crippen LogP contribution < -0.4 is 0 Å². The zero-order valence-electron chi connectivity index (χ0n) is 11.2. The lowest BCUT2D eigenvalue weighted by Crippen LogP contribution is -2.77. The second-order valence-corrected chi connectivity index (χ2v) is 4.67. The molecule has 0 aliphatic carbocycles. The van der Waals surface area contributed by atoms with E-state index < -0.39 is 54.1 Å². The fourth-order valence-corrected chi connectivity index (χ4v) is 1.69. The summed E-state index contributed by atoms with van der Waals surface area (Å²) in [6.07, 6.45) is -27.5. The monoisotopic (exact) mass is 428 g/mol. The summed E-state index contributed by atoms with van der Waals surface area (Å²) >= 11 is 0. The molecule has 0 aliphatic heterocycles. The zero-order valence-corrected chi connectivity index (χ0v) is 11.2. The molecule has 0 bridgehead atoms. The highest BCUT2D eigenvalue weighted by Gasteiger charge is 2.94. The maximum Gasteiger partial charge on any atom is 0.460 e. The molecule has 0 aromatic carbocycles. The molecule has 0 amide bonds. The van der Waals surface area contributed by atoms with Crippen molar-refractivity contribution in [3.05, 3.63) is 0 Å². The molecule has 1 unspecified atom stereocenters. The molecule has 17 heteroatoms. The third kappa shape index (κ3) is 3.12. The predicted molar refractivity (Wildman–Crippen MR) is 48.0 cm³/mol. The largest absolute Gasteiger partial charge is 0.481 e. The number of alkyl halides is 15. The lowest BCUT2D eigenvalue weighted by Gasteiger charge is -2.45. The van der Waals surface area contributed by atoms with Gasteiger partial charge in [-0.15, -0.1) is 0 Å². The van der Waals surface area contributed by atoms with Crippen LogP contribution in [0.2, 0.25) is 0 Å². The molecule has 1 atom stereocenters. The molecular weight excluding hydrogens is 425 g/mol. The Labute approximate surface area is 131 Å². The van der Waals surface area contributed by atoms with Gasteiger partial charge in [-0.3, -0.25) is 4.79 Å². The molecule has 0 radical (unpaired) electrons. The van der Waals surface area contributed by atoms with Crippen LogP contribution in [0.4, 0.5) is 65.9 Å². The number of rotatable bonds is 5. The molecule has 0 heterocycles.